The van der Waals surface area contributed by atoms with Crippen LogP contribution in [0, 0.1) is 0 Å². The quantitative estimate of drug-likeness (QED) is 0.419. The third-order valence-corrected chi connectivity index (χ3v) is 4.82. The second-order valence-corrected chi connectivity index (χ2v) is 7.28. The van der Waals surface area contributed by atoms with Crippen LogP contribution in [-0.2, 0) is 10.1 Å². The minimum Gasteiger partial charge on any atom is -0.340 e. The molecule has 0 spiro atoms. The van der Waals surface area contributed by atoms with Crippen LogP contribution in [0.5, 0.6) is 0 Å². The molecule has 2 radical (unpaired) electrons. The molecule has 0 bridgehead atoms. The molecule has 0 aliphatic rings. The van der Waals surface area contributed by atoms with Gasteiger partial charge < -0.3 is 5.32 Å². The largest absolute Gasteiger partial charge is 0.340 e. The number of aromatic nitrogens is 3. The molecule has 0 fully saturated rings. The van der Waals surface area contributed by atoms with Gasteiger partial charge in [-0.1, -0.05) is 36.4 Å². The van der Waals surface area contributed by atoms with Crippen LogP contribution in [0.2, 0.25) is 0 Å². The van der Waals surface area contributed by atoms with E-state index in [0.29, 0.717) is 28.3 Å². The third-order valence-electron chi connectivity index (χ3n) is 3.97. The van der Waals surface area contributed by atoms with Crippen molar-refractivity contribution in [2.45, 2.75) is 4.90 Å². The van der Waals surface area contributed by atoms with Gasteiger partial charge in [0.25, 0.3) is 10.1 Å². The van der Waals surface area contributed by atoms with Crippen LogP contribution in [0.3, 0.4) is 0 Å². The highest BCUT2D eigenvalue weighted by Gasteiger charge is 2.13. The standard InChI is InChI=1S/C18H13BN4O3S/c19-15-11-20-23-17(21-13-7-4-8-14(9-13)27(24,25)26)10-16(22-18(15)23)12-5-2-1-3-6-12/h1-11,21H,(H,24,25,26). The fourth-order valence-corrected chi connectivity index (χ4v) is 3.23. The summed E-state index contributed by atoms with van der Waals surface area (Å²) in [5.74, 6) is 0.544. The van der Waals surface area contributed by atoms with Crippen molar-refractivity contribution in [1.29, 1.82) is 0 Å². The summed E-state index contributed by atoms with van der Waals surface area (Å²) in [7, 11) is 1.68. The highest BCUT2D eigenvalue weighted by molar-refractivity contribution is 7.85. The van der Waals surface area contributed by atoms with E-state index in [2.05, 4.69) is 15.4 Å². The van der Waals surface area contributed by atoms with E-state index in [4.69, 9.17) is 7.85 Å². The van der Waals surface area contributed by atoms with Crippen LogP contribution < -0.4 is 10.8 Å². The summed E-state index contributed by atoms with van der Waals surface area (Å²) in [5.41, 5.74) is 2.94. The van der Waals surface area contributed by atoms with Gasteiger partial charge in [0.15, 0.2) is 5.65 Å². The second kappa shape index (κ2) is 6.53. The zero-order valence-corrected chi connectivity index (χ0v) is 14.8. The van der Waals surface area contributed by atoms with Crippen LogP contribution in [0.25, 0.3) is 16.9 Å². The van der Waals surface area contributed by atoms with Gasteiger partial charge in [-0.3, -0.25) is 4.55 Å². The molecule has 4 aromatic rings. The predicted molar refractivity (Wildman–Crippen MR) is 103 cm³/mol. The molecule has 0 aliphatic carbocycles. The SMILES string of the molecule is [B]c1cnn2c(Nc3cccc(S(=O)(=O)O)c3)cc(-c3ccccc3)nc12. The maximum Gasteiger partial charge on any atom is 0.294 e. The molecular formula is C18H13BN4O3S. The average molecular weight is 376 g/mol. The van der Waals surface area contributed by atoms with Crippen LogP contribution in [0.1, 0.15) is 0 Å². The van der Waals surface area contributed by atoms with Crippen LogP contribution in [-0.4, -0.2) is 35.4 Å². The predicted octanol–water partition coefficient (Wildman–Crippen LogP) is 2.18. The Morgan fingerprint density at radius 3 is 2.56 bits per heavy atom. The molecule has 0 atom stereocenters. The normalized spacial score (nSPS) is 11.6. The van der Waals surface area contributed by atoms with E-state index in [1.54, 1.807) is 12.1 Å². The number of rotatable bonds is 4. The monoisotopic (exact) mass is 376 g/mol. The fraction of sp³-hybridized carbons (Fsp3) is 0. The summed E-state index contributed by atoms with van der Waals surface area (Å²) in [6, 6.07) is 17.2. The van der Waals surface area contributed by atoms with Gasteiger partial charge in [-0.15, -0.1) is 0 Å². The molecule has 0 saturated carbocycles. The van der Waals surface area contributed by atoms with Crippen molar-refractivity contribution >= 4 is 40.6 Å². The lowest BCUT2D eigenvalue weighted by molar-refractivity contribution is 0.483. The van der Waals surface area contributed by atoms with E-state index in [-0.39, 0.29) is 4.90 Å². The van der Waals surface area contributed by atoms with E-state index in [1.807, 2.05) is 30.3 Å². The lowest BCUT2D eigenvalue weighted by atomic mass is 10.0. The minimum absolute atomic E-state index is 0.207. The Hall–Kier alpha value is -3.17. The zero-order chi connectivity index (χ0) is 19.0. The number of fused-ring (bicyclic) bond motifs is 1. The Morgan fingerprint density at radius 2 is 1.81 bits per heavy atom. The van der Waals surface area contributed by atoms with Crippen molar-refractivity contribution in [3.63, 3.8) is 0 Å². The number of hydrogen-bond acceptors (Lipinski definition) is 5. The summed E-state index contributed by atoms with van der Waals surface area (Å²) < 4.78 is 33.5. The van der Waals surface area contributed by atoms with Crippen molar-refractivity contribution in [2.75, 3.05) is 5.32 Å². The van der Waals surface area contributed by atoms with E-state index < -0.39 is 10.1 Å². The molecule has 4 rings (SSSR count). The highest BCUT2D eigenvalue weighted by Crippen LogP contribution is 2.25. The first-order valence-electron chi connectivity index (χ1n) is 7.96. The Labute approximate surface area is 156 Å². The molecule has 2 heterocycles. The van der Waals surface area contributed by atoms with Gasteiger partial charge in [-0.25, -0.2) is 4.98 Å². The van der Waals surface area contributed by atoms with Crippen molar-refractivity contribution in [3.05, 3.63) is 66.9 Å². The summed E-state index contributed by atoms with van der Waals surface area (Å²) in [6.45, 7) is 0. The summed E-state index contributed by atoms with van der Waals surface area (Å²) in [6.07, 6.45) is 1.50. The van der Waals surface area contributed by atoms with Gasteiger partial charge in [0.05, 0.1) is 10.6 Å². The molecule has 2 aromatic carbocycles. The first-order chi connectivity index (χ1) is 12.9. The van der Waals surface area contributed by atoms with Gasteiger partial charge in [0.1, 0.15) is 13.7 Å². The summed E-state index contributed by atoms with van der Waals surface area (Å²) in [5, 5.41) is 7.33. The lowest BCUT2D eigenvalue weighted by Gasteiger charge is -2.12. The smallest absolute Gasteiger partial charge is 0.294 e. The highest BCUT2D eigenvalue weighted by atomic mass is 32.2. The van der Waals surface area contributed by atoms with Gasteiger partial charge >= 0.3 is 0 Å². The van der Waals surface area contributed by atoms with Crippen LogP contribution in [0.4, 0.5) is 11.5 Å². The molecule has 132 valence electrons. The zero-order valence-electron chi connectivity index (χ0n) is 13.9. The lowest BCUT2D eigenvalue weighted by Crippen LogP contribution is -2.07. The number of nitrogens with one attached hydrogen (secondary N) is 1. The second-order valence-electron chi connectivity index (χ2n) is 5.86. The summed E-state index contributed by atoms with van der Waals surface area (Å²) >= 11 is 0. The molecule has 2 aromatic heterocycles. The van der Waals surface area contributed by atoms with Crippen LogP contribution >= 0.6 is 0 Å². The maximum absolute atomic E-state index is 11.4. The van der Waals surface area contributed by atoms with Gasteiger partial charge in [-0.05, 0) is 23.7 Å². The topological polar surface area (TPSA) is 96.6 Å². The minimum atomic E-state index is -4.30. The molecule has 2 N–H and O–H groups in total. The van der Waals surface area contributed by atoms with Gasteiger partial charge in [-0.2, -0.15) is 18.0 Å². The van der Waals surface area contributed by atoms with Crippen molar-refractivity contribution in [3.8, 4) is 11.3 Å². The number of nitrogens with zero attached hydrogens (tertiary/aromatic N) is 3. The first kappa shape index (κ1) is 17.3. The number of anilines is 2. The Bertz CT molecular complexity index is 1240. The summed E-state index contributed by atoms with van der Waals surface area (Å²) in [4.78, 5) is 4.36. The molecule has 0 saturated heterocycles. The molecular weight excluding hydrogens is 363 g/mol. The van der Waals surface area contributed by atoms with E-state index in [0.717, 1.165) is 5.56 Å². The molecule has 0 unspecified atom stereocenters. The van der Waals surface area contributed by atoms with Crippen molar-refractivity contribution in [1.82, 2.24) is 14.6 Å². The van der Waals surface area contributed by atoms with Crippen LogP contribution in [0.15, 0.2) is 71.8 Å². The van der Waals surface area contributed by atoms with E-state index >= 15 is 0 Å². The van der Waals surface area contributed by atoms with Gasteiger partial charge in [0, 0.05) is 23.5 Å². The van der Waals surface area contributed by atoms with E-state index in [9.17, 15) is 13.0 Å². The fourth-order valence-electron chi connectivity index (χ4n) is 2.71. The molecule has 0 amide bonds. The maximum atomic E-state index is 11.4. The Kier molecular flexibility index (Phi) is 4.17. The molecule has 27 heavy (non-hydrogen) atoms. The Morgan fingerprint density at radius 1 is 1.04 bits per heavy atom. The molecule has 9 heteroatoms. The van der Waals surface area contributed by atoms with Crippen molar-refractivity contribution in [2.24, 2.45) is 0 Å². The van der Waals surface area contributed by atoms with E-state index in [1.165, 1.54) is 28.9 Å². The molecule has 0 aliphatic heterocycles. The number of benzene rings is 2. The third kappa shape index (κ3) is 3.42. The first-order valence-corrected chi connectivity index (χ1v) is 9.40. The number of hydrogen-bond donors (Lipinski definition) is 2. The average Bonchev–Trinajstić information content (AvgIpc) is 3.03. The molecule has 7 nitrogen and oxygen atoms in total. The Balaban J connectivity index is 1.84. The van der Waals surface area contributed by atoms with Gasteiger partial charge in [0.2, 0.25) is 0 Å². The van der Waals surface area contributed by atoms with Crippen molar-refractivity contribution < 1.29 is 13.0 Å².